The zero-order valence-corrected chi connectivity index (χ0v) is 4.30. The molecule has 1 unspecified atom stereocenters. The van der Waals surface area contributed by atoms with Crippen molar-refractivity contribution in [2.24, 2.45) is 5.73 Å². The molecule has 0 bridgehead atoms. The van der Waals surface area contributed by atoms with Gasteiger partial charge in [-0.05, 0) is 12.8 Å². The first-order valence-electron chi connectivity index (χ1n) is 2.32. The molecule has 1 atom stereocenters. The molecule has 2 nitrogen and oxygen atoms in total. The van der Waals surface area contributed by atoms with Gasteiger partial charge < -0.3 is 10.8 Å². The van der Waals surface area contributed by atoms with Crippen molar-refractivity contribution in [2.75, 3.05) is 0 Å². The molecule has 7 heavy (non-hydrogen) atoms. The second kappa shape index (κ2) is 3.84. The first-order chi connectivity index (χ1) is 3.27. The lowest BCUT2D eigenvalue weighted by Gasteiger charge is -1.97. The van der Waals surface area contributed by atoms with E-state index in [1.54, 1.807) is 6.08 Å². The summed E-state index contributed by atoms with van der Waals surface area (Å²) >= 11 is 0. The van der Waals surface area contributed by atoms with Gasteiger partial charge >= 0.3 is 0 Å². The highest BCUT2D eigenvalue weighted by Gasteiger charge is 1.88. The van der Waals surface area contributed by atoms with Gasteiger partial charge in [-0.25, -0.2) is 0 Å². The Balaban J connectivity index is 2.81. The molecule has 0 saturated heterocycles. The highest BCUT2D eigenvalue weighted by atomic mass is 16.3. The van der Waals surface area contributed by atoms with Crippen LogP contribution in [0.3, 0.4) is 0 Å². The van der Waals surface area contributed by atoms with E-state index in [1.165, 1.54) is 0 Å². The maximum absolute atomic E-state index is 8.41. The van der Waals surface area contributed by atoms with Crippen molar-refractivity contribution in [1.82, 2.24) is 0 Å². The van der Waals surface area contributed by atoms with E-state index in [2.05, 4.69) is 6.58 Å². The molecule has 0 spiro atoms. The molecule has 0 aromatic heterocycles. The van der Waals surface area contributed by atoms with Gasteiger partial charge in [-0.2, -0.15) is 0 Å². The largest absolute Gasteiger partial charge is 0.379 e. The molecule has 0 heterocycles. The highest BCUT2D eigenvalue weighted by molar-refractivity contribution is 4.66. The van der Waals surface area contributed by atoms with Crippen molar-refractivity contribution >= 4 is 0 Å². The normalized spacial score (nSPS) is 13.4. The van der Waals surface area contributed by atoms with Crippen molar-refractivity contribution in [3.8, 4) is 0 Å². The Bertz CT molecular complexity index is 52.0. The van der Waals surface area contributed by atoms with E-state index < -0.39 is 6.23 Å². The van der Waals surface area contributed by atoms with Crippen LogP contribution in [0.4, 0.5) is 0 Å². The van der Waals surface area contributed by atoms with Gasteiger partial charge in [0.15, 0.2) is 0 Å². The van der Waals surface area contributed by atoms with E-state index in [1.807, 2.05) is 0 Å². The maximum Gasteiger partial charge on any atom is 0.102 e. The van der Waals surface area contributed by atoms with Crippen LogP contribution in [-0.2, 0) is 0 Å². The third-order valence-corrected chi connectivity index (χ3v) is 0.667. The van der Waals surface area contributed by atoms with Crippen LogP contribution >= 0.6 is 0 Å². The molecule has 42 valence electrons. The summed E-state index contributed by atoms with van der Waals surface area (Å²) in [7, 11) is 0. The van der Waals surface area contributed by atoms with E-state index in [9.17, 15) is 0 Å². The lowest BCUT2D eigenvalue weighted by molar-refractivity contribution is 0.173. The number of nitrogens with two attached hydrogens (primary N) is 1. The fraction of sp³-hybridized carbons (Fsp3) is 0.600. The number of hydrogen-bond donors (Lipinski definition) is 2. The molecule has 0 aromatic rings. The van der Waals surface area contributed by atoms with Crippen LogP contribution < -0.4 is 5.73 Å². The third-order valence-electron chi connectivity index (χ3n) is 0.667. The highest BCUT2D eigenvalue weighted by Crippen LogP contribution is 1.89. The summed E-state index contributed by atoms with van der Waals surface area (Å²) in [5.41, 5.74) is 4.99. The summed E-state index contributed by atoms with van der Waals surface area (Å²) in [6, 6.07) is 0. The number of rotatable bonds is 3. The summed E-state index contributed by atoms with van der Waals surface area (Å²) in [6.45, 7) is 3.47. The average molecular weight is 101 g/mol. The quantitative estimate of drug-likeness (QED) is 0.395. The van der Waals surface area contributed by atoms with E-state index >= 15 is 0 Å². The average Bonchev–Trinajstić information content (AvgIpc) is 1.61. The Hall–Kier alpha value is -0.340. The standard InChI is InChI=1S/C5H11NO/c1-2-3-4-5(6)7/h2,5,7H,1,3-4,6H2. The lowest BCUT2D eigenvalue weighted by Crippen LogP contribution is -2.17. The van der Waals surface area contributed by atoms with Crippen molar-refractivity contribution in [3.63, 3.8) is 0 Å². The monoisotopic (exact) mass is 101 g/mol. The minimum absolute atomic E-state index is 0.615. The van der Waals surface area contributed by atoms with Gasteiger partial charge in [-0.1, -0.05) is 6.08 Å². The van der Waals surface area contributed by atoms with Crippen LogP contribution in [0, 0.1) is 0 Å². The fourth-order valence-electron chi connectivity index (χ4n) is 0.289. The molecule has 0 fully saturated rings. The zero-order chi connectivity index (χ0) is 5.70. The zero-order valence-electron chi connectivity index (χ0n) is 4.30. The van der Waals surface area contributed by atoms with E-state index in [0.29, 0.717) is 6.42 Å². The van der Waals surface area contributed by atoms with Crippen LogP contribution in [0.15, 0.2) is 12.7 Å². The lowest BCUT2D eigenvalue weighted by atomic mass is 10.3. The summed E-state index contributed by atoms with van der Waals surface area (Å²) in [4.78, 5) is 0. The smallest absolute Gasteiger partial charge is 0.102 e. The summed E-state index contributed by atoms with van der Waals surface area (Å²) < 4.78 is 0. The van der Waals surface area contributed by atoms with Crippen LogP contribution in [0.25, 0.3) is 0 Å². The van der Waals surface area contributed by atoms with Gasteiger partial charge in [0.25, 0.3) is 0 Å². The minimum Gasteiger partial charge on any atom is -0.379 e. The summed E-state index contributed by atoms with van der Waals surface area (Å²) in [6.07, 6.45) is 2.47. The van der Waals surface area contributed by atoms with Gasteiger partial charge in [-0.3, -0.25) is 0 Å². The molecule has 0 aliphatic heterocycles. The molecule has 0 rings (SSSR count). The van der Waals surface area contributed by atoms with Crippen molar-refractivity contribution in [3.05, 3.63) is 12.7 Å². The predicted octanol–water partition coefficient (Wildman–Crippen LogP) is 0.230. The van der Waals surface area contributed by atoms with Crippen molar-refractivity contribution < 1.29 is 5.11 Å². The molecule has 0 amide bonds. The van der Waals surface area contributed by atoms with Gasteiger partial charge in [0.05, 0.1) is 0 Å². The number of aliphatic hydroxyl groups is 1. The molecular formula is C5H11NO. The number of allylic oxidation sites excluding steroid dienone is 1. The first kappa shape index (κ1) is 6.66. The predicted molar refractivity (Wildman–Crippen MR) is 29.6 cm³/mol. The molecule has 0 saturated carbocycles. The number of hydrogen-bond acceptors (Lipinski definition) is 2. The molecule has 2 heteroatoms. The third kappa shape index (κ3) is 5.66. The fourth-order valence-corrected chi connectivity index (χ4v) is 0.289. The maximum atomic E-state index is 8.41. The van der Waals surface area contributed by atoms with Crippen LogP contribution in [0.2, 0.25) is 0 Å². The molecule has 0 radical (unpaired) electrons. The summed E-state index contributed by atoms with van der Waals surface area (Å²) in [5, 5.41) is 8.41. The van der Waals surface area contributed by atoms with Gasteiger partial charge in [0.1, 0.15) is 6.23 Å². The van der Waals surface area contributed by atoms with E-state index in [0.717, 1.165) is 6.42 Å². The van der Waals surface area contributed by atoms with Gasteiger partial charge in [0.2, 0.25) is 0 Å². The second-order valence-corrected chi connectivity index (χ2v) is 1.43. The minimum atomic E-state index is -0.669. The Labute approximate surface area is 43.6 Å². The van der Waals surface area contributed by atoms with Crippen LogP contribution in [0.5, 0.6) is 0 Å². The molecule has 3 N–H and O–H groups in total. The van der Waals surface area contributed by atoms with Crippen LogP contribution in [0.1, 0.15) is 12.8 Å². The Morgan fingerprint density at radius 1 is 1.86 bits per heavy atom. The Morgan fingerprint density at radius 3 is 2.57 bits per heavy atom. The van der Waals surface area contributed by atoms with E-state index in [4.69, 9.17) is 10.8 Å². The topological polar surface area (TPSA) is 46.2 Å². The second-order valence-electron chi connectivity index (χ2n) is 1.43. The molecule has 0 aliphatic rings. The Morgan fingerprint density at radius 2 is 2.43 bits per heavy atom. The molecule has 0 aliphatic carbocycles. The Kier molecular flexibility index (Phi) is 3.65. The van der Waals surface area contributed by atoms with Crippen molar-refractivity contribution in [1.29, 1.82) is 0 Å². The van der Waals surface area contributed by atoms with Crippen LogP contribution in [-0.4, -0.2) is 11.3 Å². The number of aliphatic hydroxyl groups excluding tert-OH is 1. The molecular weight excluding hydrogens is 90.1 g/mol. The summed E-state index contributed by atoms with van der Waals surface area (Å²) in [5.74, 6) is 0. The van der Waals surface area contributed by atoms with Gasteiger partial charge in [-0.15, -0.1) is 6.58 Å². The van der Waals surface area contributed by atoms with E-state index in [-0.39, 0.29) is 0 Å². The molecule has 0 aromatic carbocycles. The van der Waals surface area contributed by atoms with Gasteiger partial charge in [0, 0.05) is 0 Å². The first-order valence-corrected chi connectivity index (χ1v) is 2.32. The SMILES string of the molecule is C=CCCC(N)O. The van der Waals surface area contributed by atoms with Crippen molar-refractivity contribution in [2.45, 2.75) is 19.1 Å².